The standard InChI is InChI=1S/C27H32N2O5/c1-27(2,25(32)29-15-18(16-29)11-12-24(30)31)13-14-28-26(33)34-17-23-21-9-5-3-7-19(21)20-8-4-6-10-22(20)23/h3-10,18,23H,11-17H2,1-2H3,(H,28,33)(H,30,31). The molecule has 34 heavy (non-hydrogen) atoms. The third-order valence-corrected chi connectivity index (χ3v) is 6.95. The highest BCUT2D eigenvalue weighted by Gasteiger charge is 2.38. The molecule has 2 N–H and O–H groups in total. The molecule has 1 fully saturated rings. The number of amides is 2. The zero-order valence-corrected chi connectivity index (χ0v) is 19.8. The number of aliphatic carboxylic acids is 1. The number of likely N-dealkylation sites (tertiary alicyclic amines) is 1. The molecule has 7 heteroatoms. The van der Waals surface area contributed by atoms with Crippen molar-refractivity contribution >= 4 is 18.0 Å². The predicted molar refractivity (Wildman–Crippen MR) is 128 cm³/mol. The molecule has 0 bridgehead atoms. The molecule has 0 unspecified atom stereocenters. The molecule has 2 aromatic rings. The normalized spacial score (nSPS) is 15.3. The molecule has 4 rings (SSSR count). The lowest BCUT2D eigenvalue weighted by atomic mass is 9.84. The monoisotopic (exact) mass is 464 g/mol. The summed E-state index contributed by atoms with van der Waals surface area (Å²) < 4.78 is 5.56. The van der Waals surface area contributed by atoms with E-state index in [0.29, 0.717) is 32.5 Å². The van der Waals surface area contributed by atoms with Crippen LogP contribution in [-0.2, 0) is 14.3 Å². The summed E-state index contributed by atoms with van der Waals surface area (Å²) in [6.45, 7) is 5.56. The Labute approximate surface area is 200 Å². The molecule has 1 heterocycles. The lowest BCUT2D eigenvalue weighted by molar-refractivity contribution is -0.147. The average molecular weight is 465 g/mol. The highest BCUT2D eigenvalue weighted by Crippen LogP contribution is 2.44. The van der Waals surface area contributed by atoms with Gasteiger partial charge in [-0.2, -0.15) is 0 Å². The molecule has 7 nitrogen and oxygen atoms in total. The van der Waals surface area contributed by atoms with Crippen molar-refractivity contribution in [2.75, 3.05) is 26.2 Å². The van der Waals surface area contributed by atoms with Crippen molar-refractivity contribution in [2.24, 2.45) is 11.3 Å². The minimum absolute atomic E-state index is 0.0108. The van der Waals surface area contributed by atoms with Gasteiger partial charge in [0, 0.05) is 37.4 Å². The van der Waals surface area contributed by atoms with Crippen LogP contribution >= 0.6 is 0 Å². The summed E-state index contributed by atoms with van der Waals surface area (Å²) in [5.74, 6) is -0.496. The van der Waals surface area contributed by atoms with Crippen molar-refractivity contribution in [1.82, 2.24) is 10.2 Å². The van der Waals surface area contributed by atoms with Crippen LogP contribution in [0, 0.1) is 11.3 Å². The molecule has 0 radical (unpaired) electrons. The number of ether oxygens (including phenoxy) is 1. The number of hydrogen-bond donors (Lipinski definition) is 2. The minimum atomic E-state index is -0.801. The number of nitrogens with one attached hydrogen (secondary N) is 1. The second-order valence-electron chi connectivity index (χ2n) is 9.89. The van der Waals surface area contributed by atoms with Crippen LogP contribution in [0.25, 0.3) is 11.1 Å². The summed E-state index contributed by atoms with van der Waals surface area (Å²) in [6, 6.07) is 16.4. The summed E-state index contributed by atoms with van der Waals surface area (Å²) >= 11 is 0. The molecule has 0 saturated carbocycles. The van der Waals surface area contributed by atoms with Crippen LogP contribution in [0.2, 0.25) is 0 Å². The van der Waals surface area contributed by atoms with Gasteiger partial charge in [-0.1, -0.05) is 62.4 Å². The fourth-order valence-electron chi connectivity index (χ4n) is 4.91. The number of nitrogens with zero attached hydrogens (tertiary/aromatic N) is 1. The lowest BCUT2D eigenvalue weighted by Gasteiger charge is -2.43. The van der Waals surface area contributed by atoms with Gasteiger partial charge in [0.2, 0.25) is 5.91 Å². The molecule has 2 aromatic carbocycles. The average Bonchev–Trinajstić information content (AvgIpc) is 3.10. The van der Waals surface area contributed by atoms with Gasteiger partial charge in [-0.3, -0.25) is 9.59 Å². The molecule has 0 spiro atoms. The zero-order valence-electron chi connectivity index (χ0n) is 19.8. The van der Waals surface area contributed by atoms with Gasteiger partial charge in [-0.05, 0) is 41.0 Å². The first-order valence-electron chi connectivity index (χ1n) is 11.9. The van der Waals surface area contributed by atoms with Crippen molar-refractivity contribution in [3.63, 3.8) is 0 Å². The minimum Gasteiger partial charge on any atom is -0.481 e. The molecule has 1 saturated heterocycles. The number of hydrogen-bond acceptors (Lipinski definition) is 4. The lowest BCUT2D eigenvalue weighted by Crippen LogP contribution is -2.54. The van der Waals surface area contributed by atoms with Gasteiger partial charge in [0.05, 0.1) is 0 Å². The maximum absolute atomic E-state index is 12.8. The van der Waals surface area contributed by atoms with Crippen molar-refractivity contribution in [1.29, 1.82) is 0 Å². The predicted octanol–water partition coefficient (Wildman–Crippen LogP) is 4.26. The van der Waals surface area contributed by atoms with Crippen LogP contribution in [-0.4, -0.2) is 54.2 Å². The van der Waals surface area contributed by atoms with Crippen molar-refractivity contribution in [3.05, 3.63) is 59.7 Å². The van der Waals surface area contributed by atoms with Gasteiger partial charge in [-0.15, -0.1) is 0 Å². The van der Waals surface area contributed by atoms with E-state index in [2.05, 4.69) is 29.6 Å². The topological polar surface area (TPSA) is 95.9 Å². The number of carboxylic acids is 1. The first-order chi connectivity index (χ1) is 16.3. The third kappa shape index (κ3) is 5.08. The smallest absolute Gasteiger partial charge is 0.407 e. The Bertz CT molecular complexity index is 1030. The van der Waals surface area contributed by atoms with Crippen molar-refractivity contribution in [3.8, 4) is 11.1 Å². The Morgan fingerprint density at radius 3 is 2.21 bits per heavy atom. The van der Waals surface area contributed by atoms with Gasteiger partial charge in [0.25, 0.3) is 0 Å². The van der Waals surface area contributed by atoms with Gasteiger partial charge in [-0.25, -0.2) is 4.79 Å². The van der Waals surface area contributed by atoms with E-state index in [0.717, 1.165) is 0 Å². The largest absolute Gasteiger partial charge is 0.481 e. The van der Waals surface area contributed by atoms with Gasteiger partial charge >= 0.3 is 12.1 Å². The van der Waals surface area contributed by atoms with Crippen LogP contribution < -0.4 is 5.32 Å². The van der Waals surface area contributed by atoms with Crippen molar-refractivity contribution in [2.45, 2.75) is 39.0 Å². The summed E-state index contributed by atoms with van der Waals surface area (Å²) in [5.41, 5.74) is 4.08. The highest BCUT2D eigenvalue weighted by molar-refractivity contribution is 5.83. The van der Waals surface area contributed by atoms with Gasteiger partial charge < -0.3 is 20.1 Å². The maximum atomic E-state index is 12.8. The first-order valence-corrected chi connectivity index (χ1v) is 11.9. The molecule has 1 aliphatic carbocycles. The number of fused-ring (bicyclic) bond motifs is 3. The van der Waals surface area contributed by atoms with Gasteiger partial charge in [0.1, 0.15) is 6.61 Å². The van der Waals surface area contributed by atoms with E-state index in [-0.39, 0.29) is 30.8 Å². The number of carboxylic acid groups (broad SMARTS) is 1. The Hall–Kier alpha value is -3.35. The number of carbonyl (C=O) groups excluding carboxylic acids is 2. The Kier molecular flexibility index (Phi) is 6.91. The molecule has 2 amide bonds. The fourth-order valence-corrected chi connectivity index (χ4v) is 4.91. The van der Waals surface area contributed by atoms with Crippen LogP contribution in [0.4, 0.5) is 4.79 Å². The second kappa shape index (κ2) is 9.87. The number of alkyl carbamates (subject to hydrolysis) is 1. The van der Waals surface area contributed by atoms with E-state index in [9.17, 15) is 14.4 Å². The van der Waals surface area contributed by atoms with Gasteiger partial charge in [0.15, 0.2) is 0 Å². The van der Waals surface area contributed by atoms with E-state index in [1.807, 2.05) is 38.1 Å². The Morgan fingerprint density at radius 1 is 1.03 bits per heavy atom. The summed E-state index contributed by atoms with van der Waals surface area (Å²) in [4.78, 5) is 37.7. The molecule has 0 aromatic heterocycles. The van der Waals surface area contributed by atoms with Crippen LogP contribution in [0.5, 0.6) is 0 Å². The Morgan fingerprint density at radius 2 is 1.62 bits per heavy atom. The van der Waals surface area contributed by atoms with Crippen molar-refractivity contribution < 1.29 is 24.2 Å². The number of rotatable bonds is 9. The van der Waals surface area contributed by atoms with E-state index in [1.54, 1.807) is 4.90 Å². The van der Waals surface area contributed by atoms with E-state index >= 15 is 0 Å². The van der Waals surface area contributed by atoms with Crippen LogP contribution in [0.1, 0.15) is 50.2 Å². The molecule has 1 aliphatic heterocycles. The molecular formula is C27H32N2O5. The number of carbonyl (C=O) groups is 3. The SMILES string of the molecule is CC(C)(CCNC(=O)OCC1c2ccccc2-c2ccccc21)C(=O)N1CC(CCC(=O)O)C1. The molecule has 180 valence electrons. The molecular weight excluding hydrogens is 432 g/mol. The zero-order chi connectivity index (χ0) is 24.3. The van der Waals surface area contributed by atoms with E-state index in [1.165, 1.54) is 22.3 Å². The maximum Gasteiger partial charge on any atom is 0.407 e. The second-order valence-corrected chi connectivity index (χ2v) is 9.89. The summed E-state index contributed by atoms with van der Waals surface area (Å²) in [7, 11) is 0. The summed E-state index contributed by atoms with van der Waals surface area (Å²) in [5, 5.41) is 11.6. The van der Waals surface area contributed by atoms with Crippen LogP contribution in [0.15, 0.2) is 48.5 Å². The Balaban J connectivity index is 1.22. The molecule has 0 atom stereocenters. The quantitative estimate of drug-likeness (QED) is 0.578. The third-order valence-electron chi connectivity index (χ3n) is 6.95. The highest BCUT2D eigenvalue weighted by atomic mass is 16.5. The van der Waals surface area contributed by atoms with E-state index in [4.69, 9.17) is 9.84 Å². The fraction of sp³-hybridized carbons (Fsp3) is 0.444. The van der Waals surface area contributed by atoms with E-state index < -0.39 is 17.5 Å². The first kappa shape index (κ1) is 23.8. The van der Waals surface area contributed by atoms with Crippen LogP contribution in [0.3, 0.4) is 0 Å². The molecule has 2 aliphatic rings. The summed E-state index contributed by atoms with van der Waals surface area (Å²) in [6.07, 6.45) is 0.748. The number of benzene rings is 2.